The van der Waals surface area contributed by atoms with Gasteiger partial charge in [-0.05, 0) is 19.1 Å². The Kier molecular flexibility index (Phi) is 11.2. The van der Waals surface area contributed by atoms with E-state index in [1.807, 2.05) is 0 Å². The second-order valence-electron chi connectivity index (χ2n) is 3.34. The van der Waals surface area contributed by atoms with Crippen LogP contribution in [-0.4, -0.2) is 48.2 Å². The highest BCUT2D eigenvalue weighted by Crippen LogP contribution is 2.00. The molecule has 0 aromatic heterocycles. The molecule has 0 fully saturated rings. The monoisotopic (exact) mass is 263 g/mol. The summed E-state index contributed by atoms with van der Waals surface area (Å²) in [5, 5.41) is 11.3. The van der Waals surface area contributed by atoms with E-state index < -0.39 is 0 Å². The Labute approximate surface area is 106 Å². The minimum Gasteiger partial charge on any atom is -0.466 e. The number of esters is 1. The third kappa shape index (κ3) is 11.5. The molecule has 0 radical (unpaired) electrons. The Morgan fingerprint density at radius 3 is 2.71 bits per heavy atom. The molecular weight excluding hydrogens is 242 g/mol. The zero-order valence-electron chi connectivity index (χ0n) is 10.2. The zero-order valence-corrected chi connectivity index (χ0v) is 11.1. The number of carbonyl (C=O) groups is 2. The summed E-state index contributed by atoms with van der Waals surface area (Å²) < 4.78 is 4.72. The van der Waals surface area contributed by atoms with Crippen LogP contribution in [0.3, 0.4) is 0 Å². The molecule has 0 unspecified atom stereocenters. The van der Waals surface area contributed by atoms with E-state index in [-0.39, 0.29) is 31.3 Å². The van der Waals surface area contributed by atoms with Crippen molar-refractivity contribution < 1.29 is 19.4 Å². The molecular formula is C11H21NO4S. The Morgan fingerprint density at radius 1 is 1.29 bits per heavy atom. The Hall–Kier alpha value is -0.750. The maximum absolute atomic E-state index is 11.3. The van der Waals surface area contributed by atoms with Crippen molar-refractivity contribution in [1.29, 1.82) is 0 Å². The molecule has 0 aliphatic carbocycles. The highest BCUT2D eigenvalue weighted by Gasteiger charge is 2.06. The summed E-state index contributed by atoms with van der Waals surface area (Å²) in [7, 11) is 0. The maximum Gasteiger partial charge on any atom is 0.306 e. The molecule has 100 valence electrons. The van der Waals surface area contributed by atoms with Crippen LogP contribution < -0.4 is 5.32 Å². The van der Waals surface area contributed by atoms with Crippen LogP contribution in [0, 0.1) is 0 Å². The third-order valence-corrected chi connectivity index (χ3v) is 2.95. The summed E-state index contributed by atoms with van der Waals surface area (Å²) in [5.74, 6) is 1.26. The molecule has 5 nitrogen and oxygen atoms in total. The lowest BCUT2D eigenvalue weighted by Crippen LogP contribution is -2.26. The number of thioether (sulfide) groups is 1. The summed E-state index contributed by atoms with van der Waals surface area (Å²) in [6, 6.07) is 0. The number of nitrogens with one attached hydrogen (secondary N) is 1. The minimum atomic E-state index is -0.333. The molecule has 2 N–H and O–H groups in total. The van der Waals surface area contributed by atoms with Gasteiger partial charge in [0, 0.05) is 25.3 Å². The van der Waals surface area contributed by atoms with Crippen molar-refractivity contribution in [2.24, 2.45) is 0 Å². The van der Waals surface area contributed by atoms with Gasteiger partial charge in [-0.2, -0.15) is 11.8 Å². The highest BCUT2D eigenvalue weighted by atomic mass is 32.2. The molecule has 0 bridgehead atoms. The molecule has 17 heavy (non-hydrogen) atoms. The van der Waals surface area contributed by atoms with E-state index in [0.717, 1.165) is 17.9 Å². The van der Waals surface area contributed by atoms with Gasteiger partial charge in [0.05, 0.1) is 13.0 Å². The Bertz CT molecular complexity index is 224. The van der Waals surface area contributed by atoms with Crippen LogP contribution >= 0.6 is 11.8 Å². The van der Waals surface area contributed by atoms with Gasteiger partial charge < -0.3 is 15.2 Å². The molecule has 0 saturated heterocycles. The minimum absolute atomic E-state index is 0.124. The highest BCUT2D eigenvalue weighted by molar-refractivity contribution is 7.99. The average molecular weight is 263 g/mol. The third-order valence-electron chi connectivity index (χ3n) is 1.88. The molecule has 6 heteroatoms. The van der Waals surface area contributed by atoms with Gasteiger partial charge in [-0.3, -0.25) is 9.59 Å². The molecule has 0 atom stereocenters. The van der Waals surface area contributed by atoms with Gasteiger partial charge >= 0.3 is 5.97 Å². The van der Waals surface area contributed by atoms with Crippen LogP contribution in [0.25, 0.3) is 0 Å². The van der Waals surface area contributed by atoms with Gasteiger partial charge in [-0.1, -0.05) is 0 Å². The Balaban J connectivity index is 3.31. The fourth-order valence-corrected chi connectivity index (χ4v) is 1.85. The second-order valence-corrected chi connectivity index (χ2v) is 4.57. The molecule has 0 saturated carbocycles. The predicted molar refractivity (Wildman–Crippen MR) is 67.9 cm³/mol. The number of hydrogen-bond donors (Lipinski definition) is 2. The van der Waals surface area contributed by atoms with Crippen molar-refractivity contribution in [2.75, 3.05) is 31.3 Å². The molecule has 0 aromatic rings. The number of ether oxygens (including phenoxy) is 1. The average Bonchev–Trinajstić information content (AvgIpc) is 2.31. The van der Waals surface area contributed by atoms with E-state index in [0.29, 0.717) is 13.2 Å². The van der Waals surface area contributed by atoms with E-state index in [1.165, 1.54) is 0 Å². The van der Waals surface area contributed by atoms with E-state index in [2.05, 4.69) is 5.32 Å². The standard InChI is InChI=1S/C11H21NO4S/c1-2-16-11(15)5-4-10(14)12-6-9-17-8-3-7-13/h13H,2-9H2,1H3,(H,12,14). The first-order chi connectivity index (χ1) is 8.20. The number of hydrogen-bond acceptors (Lipinski definition) is 5. The summed E-state index contributed by atoms with van der Waals surface area (Å²) >= 11 is 1.69. The summed E-state index contributed by atoms with van der Waals surface area (Å²) in [4.78, 5) is 22.2. The second kappa shape index (κ2) is 11.7. The number of aliphatic hydroxyl groups excluding tert-OH is 1. The predicted octanol–water partition coefficient (Wildman–Crippen LogP) is 0.561. The van der Waals surface area contributed by atoms with Crippen molar-refractivity contribution in [3.8, 4) is 0 Å². The van der Waals surface area contributed by atoms with Gasteiger partial charge in [0.2, 0.25) is 5.91 Å². The quantitative estimate of drug-likeness (QED) is 0.445. The van der Waals surface area contributed by atoms with Gasteiger partial charge in [0.25, 0.3) is 0 Å². The molecule has 0 spiro atoms. The van der Waals surface area contributed by atoms with Gasteiger partial charge in [0.1, 0.15) is 0 Å². The molecule has 0 aliphatic rings. The molecule has 1 amide bonds. The van der Waals surface area contributed by atoms with E-state index in [1.54, 1.807) is 18.7 Å². The lowest BCUT2D eigenvalue weighted by molar-refractivity contribution is -0.144. The normalized spacial score (nSPS) is 10.0. The number of carbonyl (C=O) groups excluding carboxylic acids is 2. The van der Waals surface area contributed by atoms with Crippen LogP contribution in [-0.2, 0) is 14.3 Å². The fraction of sp³-hybridized carbons (Fsp3) is 0.818. The lowest BCUT2D eigenvalue weighted by atomic mass is 10.3. The van der Waals surface area contributed by atoms with Crippen molar-refractivity contribution in [3.63, 3.8) is 0 Å². The first kappa shape index (κ1) is 16.2. The SMILES string of the molecule is CCOC(=O)CCC(=O)NCCSCCCO. The Morgan fingerprint density at radius 2 is 2.06 bits per heavy atom. The molecule has 0 heterocycles. The fourth-order valence-electron chi connectivity index (χ4n) is 1.07. The van der Waals surface area contributed by atoms with E-state index >= 15 is 0 Å². The van der Waals surface area contributed by atoms with Crippen LogP contribution in [0.1, 0.15) is 26.2 Å². The number of rotatable bonds is 10. The molecule has 0 aromatic carbocycles. The topological polar surface area (TPSA) is 75.6 Å². The van der Waals surface area contributed by atoms with Crippen molar-refractivity contribution in [1.82, 2.24) is 5.32 Å². The maximum atomic E-state index is 11.3. The summed E-state index contributed by atoms with van der Waals surface area (Å²) in [6.07, 6.45) is 1.10. The molecule has 0 aliphatic heterocycles. The largest absolute Gasteiger partial charge is 0.466 e. The van der Waals surface area contributed by atoms with Gasteiger partial charge in [0.15, 0.2) is 0 Å². The first-order valence-corrected chi connectivity index (χ1v) is 6.97. The molecule has 0 rings (SSSR count). The number of aliphatic hydroxyl groups is 1. The van der Waals surface area contributed by atoms with Gasteiger partial charge in [-0.15, -0.1) is 0 Å². The smallest absolute Gasteiger partial charge is 0.306 e. The lowest BCUT2D eigenvalue weighted by Gasteiger charge is -2.05. The van der Waals surface area contributed by atoms with E-state index in [4.69, 9.17) is 9.84 Å². The zero-order chi connectivity index (χ0) is 12.9. The first-order valence-electron chi connectivity index (χ1n) is 5.81. The van der Waals surface area contributed by atoms with Crippen LogP contribution in [0.15, 0.2) is 0 Å². The van der Waals surface area contributed by atoms with Crippen molar-refractivity contribution >= 4 is 23.6 Å². The van der Waals surface area contributed by atoms with E-state index in [9.17, 15) is 9.59 Å². The van der Waals surface area contributed by atoms with Crippen LogP contribution in [0.2, 0.25) is 0 Å². The van der Waals surface area contributed by atoms with Crippen molar-refractivity contribution in [2.45, 2.75) is 26.2 Å². The summed E-state index contributed by atoms with van der Waals surface area (Å²) in [6.45, 7) is 2.89. The van der Waals surface area contributed by atoms with Crippen molar-refractivity contribution in [3.05, 3.63) is 0 Å². The number of amides is 1. The summed E-state index contributed by atoms with van der Waals surface area (Å²) in [5.41, 5.74) is 0. The van der Waals surface area contributed by atoms with Gasteiger partial charge in [-0.25, -0.2) is 0 Å². The van der Waals surface area contributed by atoms with Crippen LogP contribution in [0.4, 0.5) is 0 Å². The van der Waals surface area contributed by atoms with Crippen LogP contribution in [0.5, 0.6) is 0 Å².